The van der Waals surface area contributed by atoms with Gasteiger partial charge < -0.3 is 23.7 Å². The highest BCUT2D eigenvalue weighted by atomic mass is 32.1. The number of anilines is 1. The Bertz CT molecular complexity index is 1390. The number of unbranched alkanes of at least 4 members (excludes halogenated alkanes) is 1. The lowest BCUT2D eigenvalue weighted by Crippen LogP contribution is -2.31. The molecule has 3 heterocycles. The van der Waals surface area contributed by atoms with Crippen LogP contribution in [0.3, 0.4) is 0 Å². The van der Waals surface area contributed by atoms with E-state index in [1.165, 1.54) is 17.2 Å². The van der Waals surface area contributed by atoms with Crippen LogP contribution in [0, 0.1) is 6.92 Å². The van der Waals surface area contributed by atoms with E-state index in [0.717, 1.165) is 24.2 Å². The van der Waals surface area contributed by atoms with E-state index in [9.17, 15) is 19.5 Å². The predicted octanol–water partition coefficient (Wildman–Crippen LogP) is 5.58. The minimum absolute atomic E-state index is 0.0386. The quantitative estimate of drug-likeness (QED) is 0.173. The molecule has 0 spiro atoms. The maximum atomic E-state index is 13.5. The molecule has 11 heteroatoms. The summed E-state index contributed by atoms with van der Waals surface area (Å²) in [4.78, 5) is 45.3. The molecule has 0 saturated carbocycles. The van der Waals surface area contributed by atoms with Gasteiger partial charge in [0.15, 0.2) is 28.1 Å². The first-order valence-corrected chi connectivity index (χ1v) is 13.5. The van der Waals surface area contributed by atoms with Crippen molar-refractivity contribution in [3.8, 4) is 11.5 Å². The second kappa shape index (κ2) is 12.2. The number of amides is 1. The molecular formula is C28H30N2O8S. The summed E-state index contributed by atoms with van der Waals surface area (Å²) < 4.78 is 22.1. The molecule has 0 aliphatic carbocycles. The monoisotopic (exact) mass is 554 g/mol. The third-order valence-electron chi connectivity index (χ3n) is 5.99. The number of carbonyl (C=O) groups is 3. The Kier molecular flexibility index (Phi) is 8.70. The third-order valence-corrected chi connectivity index (χ3v) is 7.13. The minimum Gasteiger partial charge on any atom is -0.503 e. The maximum Gasteiger partial charge on any atom is 0.350 e. The number of aliphatic hydroxyl groups is 1. The smallest absolute Gasteiger partial charge is 0.350 e. The number of ketones is 1. The number of furan rings is 1. The van der Waals surface area contributed by atoms with Gasteiger partial charge in [0.25, 0.3) is 5.91 Å². The summed E-state index contributed by atoms with van der Waals surface area (Å²) >= 11 is 0.942. The van der Waals surface area contributed by atoms with Gasteiger partial charge in [-0.25, -0.2) is 9.78 Å². The van der Waals surface area contributed by atoms with Gasteiger partial charge >= 0.3 is 5.97 Å². The van der Waals surface area contributed by atoms with Crippen LogP contribution in [0.1, 0.15) is 71.1 Å². The summed E-state index contributed by atoms with van der Waals surface area (Å²) in [5.41, 5.74) is 0.654. The van der Waals surface area contributed by atoms with Crippen molar-refractivity contribution in [2.75, 3.05) is 24.7 Å². The van der Waals surface area contributed by atoms with Crippen molar-refractivity contribution in [2.45, 2.75) is 46.6 Å². The molecule has 1 aromatic carbocycles. The number of aromatic nitrogens is 1. The average Bonchev–Trinajstić information content (AvgIpc) is 3.64. The highest BCUT2D eigenvalue weighted by Gasteiger charge is 2.47. The van der Waals surface area contributed by atoms with Crippen molar-refractivity contribution in [1.82, 2.24) is 4.98 Å². The lowest BCUT2D eigenvalue weighted by Gasteiger charge is -2.25. The Morgan fingerprint density at radius 1 is 1.13 bits per heavy atom. The van der Waals surface area contributed by atoms with Crippen LogP contribution in [0.15, 0.2) is 52.3 Å². The van der Waals surface area contributed by atoms with Gasteiger partial charge in [0.2, 0.25) is 5.78 Å². The van der Waals surface area contributed by atoms with E-state index in [0.29, 0.717) is 36.0 Å². The minimum atomic E-state index is -1.08. The Balaban J connectivity index is 1.84. The normalized spacial score (nSPS) is 15.1. The first kappa shape index (κ1) is 27.9. The lowest BCUT2D eigenvalue weighted by molar-refractivity contribution is -0.117. The highest BCUT2D eigenvalue weighted by molar-refractivity contribution is 7.17. The van der Waals surface area contributed by atoms with Gasteiger partial charge in [-0.15, -0.1) is 0 Å². The van der Waals surface area contributed by atoms with Gasteiger partial charge in [0, 0.05) is 0 Å². The number of carbonyl (C=O) groups excluding carboxylic acids is 3. The zero-order chi connectivity index (χ0) is 28.1. The lowest BCUT2D eigenvalue weighted by atomic mass is 9.95. The van der Waals surface area contributed by atoms with Gasteiger partial charge in [-0.3, -0.25) is 14.5 Å². The molecular weight excluding hydrogens is 524 g/mol. The Morgan fingerprint density at radius 3 is 2.59 bits per heavy atom. The molecule has 0 fully saturated rings. The van der Waals surface area contributed by atoms with E-state index in [2.05, 4.69) is 11.9 Å². The second-order valence-electron chi connectivity index (χ2n) is 8.62. The molecule has 0 radical (unpaired) electrons. The molecule has 3 aromatic rings. The van der Waals surface area contributed by atoms with Crippen LogP contribution in [-0.4, -0.2) is 47.6 Å². The van der Waals surface area contributed by atoms with Crippen LogP contribution in [0.5, 0.6) is 11.5 Å². The first-order valence-electron chi connectivity index (χ1n) is 12.7. The van der Waals surface area contributed by atoms with Crippen molar-refractivity contribution in [1.29, 1.82) is 0 Å². The number of ether oxygens (including phenoxy) is 3. The third kappa shape index (κ3) is 5.53. The highest BCUT2D eigenvalue weighted by Crippen LogP contribution is 2.45. The van der Waals surface area contributed by atoms with Crippen LogP contribution in [0.25, 0.3) is 0 Å². The molecule has 1 N–H and O–H groups in total. The van der Waals surface area contributed by atoms with Crippen LogP contribution in [0.2, 0.25) is 0 Å². The zero-order valence-electron chi connectivity index (χ0n) is 22.2. The molecule has 206 valence electrons. The van der Waals surface area contributed by atoms with E-state index < -0.39 is 29.5 Å². The van der Waals surface area contributed by atoms with Crippen LogP contribution in [0.4, 0.5) is 5.13 Å². The number of nitrogens with zero attached hydrogens (tertiary/aromatic N) is 2. The number of benzene rings is 1. The Hall–Kier alpha value is -4.12. The van der Waals surface area contributed by atoms with Gasteiger partial charge in [-0.2, -0.15) is 0 Å². The fourth-order valence-electron chi connectivity index (χ4n) is 4.17. The number of Topliss-reactive ketones (excluding diaryl/α,β-unsaturated/α-hetero) is 1. The number of rotatable bonds is 12. The molecule has 0 bridgehead atoms. The largest absolute Gasteiger partial charge is 0.503 e. The van der Waals surface area contributed by atoms with Crippen molar-refractivity contribution in [3.63, 3.8) is 0 Å². The molecule has 0 saturated heterocycles. The number of esters is 1. The molecule has 4 rings (SSSR count). The number of aliphatic hydroxyl groups excluding tert-OH is 1. The van der Waals surface area contributed by atoms with Gasteiger partial charge in [0.05, 0.1) is 43.4 Å². The van der Waals surface area contributed by atoms with Crippen molar-refractivity contribution in [3.05, 3.63) is 69.8 Å². The molecule has 2 aromatic heterocycles. The molecule has 10 nitrogen and oxygen atoms in total. The van der Waals surface area contributed by atoms with Gasteiger partial charge in [-0.05, 0) is 57.0 Å². The number of thiazole rings is 1. The maximum absolute atomic E-state index is 13.5. The summed E-state index contributed by atoms with van der Waals surface area (Å²) in [6, 6.07) is 7.00. The van der Waals surface area contributed by atoms with Gasteiger partial charge in [0.1, 0.15) is 4.88 Å². The molecule has 1 aliphatic rings. The Labute approximate surface area is 229 Å². The second-order valence-corrected chi connectivity index (χ2v) is 9.60. The molecule has 1 unspecified atom stereocenters. The number of hydrogen-bond donors (Lipinski definition) is 1. The van der Waals surface area contributed by atoms with Crippen molar-refractivity contribution >= 4 is 34.1 Å². The summed E-state index contributed by atoms with van der Waals surface area (Å²) in [5, 5.41) is 11.1. The number of aryl methyl sites for hydroxylation is 1. The van der Waals surface area contributed by atoms with E-state index in [-0.39, 0.29) is 27.9 Å². The van der Waals surface area contributed by atoms with Gasteiger partial charge in [-0.1, -0.05) is 30.7 Å². The molecule has 1 atom stereocenters. The average molecular weight is 555 g/mol. The van der Waals surface area contributed by atoms with E-state index in [1.807, 2.05) is 6.92 Å². The SMILES string of the molecule is CCCCOc1ccc(C2C(C(=O)c3ccco3)=C(O)C(=O)N2c2nc(C)c(C(=O)OCC)s2)cc1OCC. The molecule has 39 heavy (non-hydrogen) atoms. The fraction of sp³-hybridized carbons (Fsp3) is 0.357. The van der Waals surface area contributed by atoms with Crippen LogP contribution >= 0.6 is 11.3 Å². The van der Waals surface area contributed by atoms with Crippen LogP contribution in [-0.2, 0) is 9.53 Å². The summed E-state index contributed by atoms with van der Waals surface area (Å²) in [7, 11) is 0. The van der Waals surface area contributed by atoms with E-state index in [4.69, 9.17) is 18.6 Å². The number of hydrogen-bond acceptors (Lipinski definition) is 10. The van der Waals surface area contributed by atoms with Crippen molar-refractivity contribution < 1.29 is 38.1 Å². The Morgan fingerprint density at radius 2 is 1.92 bits per heavy atom. The van der Waals surface area contributed by atoms with E-state index >= 15 is 0 Å². The molecule has 1 aliphatic heterocycles. The fourth-order valence-corrected chi connectivity index (χ4v) is 5.16. The molecule has 1 amide bonds. The van der Waals surface area contributed by atoms with Crippen LogP contribution < -0.4 is 14.4 Å². The summed E-state index contributed by atoms with van der Waals surface area (Å²) in [5.74, 6) is -1.88. The first-order chi connectivity index (χ1) is 18.8. The van der Waals surface area contributed by atoms with E-state index in [1.54, 1.807) is 38.1 Å². The summed E-state index contributed by atoms with van der Waals surface area (Å²) in [6.45, 7) is 8.24. The standard InChI is InChI=1S/C28H30N2O8S/c1-5-8-13-37-18-12-11-17(15-20(18)35-6-2)22-21(23(31)19-10-9-14-38-19)24(32)26(33)30(22)28-29-16(4)25(39-28)27(34)36-7-3/h9-12,14-15,22,32H,5-8,13H2,1-4H3. The zero-order valence-corrected chi connectivity index (χ0v) is 23.0. The van der Waals surface area contributed by atoms with Crippen molar-refractivity contribution in [2.24, 2.45) is 0 Å². The summed E-state index contributed by atoms with van der Waals surface area (Å²) in [6.07, 6.45) is 3.16. The predicted molar refractivity (Wildman–Crippen MR) is 144 cm³/mol. The topological polar surface area (TPSA) is 128 Å².